The number of rotatable bonds is 2. The molecule has 4 nitrogen and oxygen atoms in total. The summed E-state index contributed by atoms with van der Waals surface area (Å²) in [5.41, 5.74) is 0. The first-order valence-corrected chi connectivity index (χ1v) is 4.11. The number of sulfonamides is 1. The van der Waals surface area contributed by atoms with Crippen LogP contribution in [0.5, 0.6) is 0 Å². The van der Waals surface area contributed by atoms with Crippen LogP contribution in [0.1, 0.15) is 12.8 Å². The molecular formula is C4H8CaN2O2S. The average Bonchev–Trinajstić information content (AvgIpc) is 2.41. The number of nitrogens with zero attached hydrogens (tertiary/aromatic N) is 1. The Morgan fingerprint density at radius 1 is 1.50 bits per heavy atom. The Hall–Kier alpha value is 0.500. The molecule has 1 aliphatic carbocycles. The maximum atomic E-state index is 10.7. The third-order valence-corrected chi connectivity index (χ3v) is 2.88. The molecule has 0 heterocycles. The fourth-order valence-electron chi connectivity index (χ4n) is 0.525. The van der Waals surface area contributed by atoms with Gasteiger partial charge in [-0.2, -0.15) is 5.26 Å². The molecule has 1 saturated carbocycles. The predicted octanol–water partition coefficient (Wildman–Crippen LogP) is -1.37. The summed E-state index contributed by atoms with van der Waals surface area (Å²) < 4.78 is 23.1. The van der Waals surface area contributed by atoms with Crippen molar-refractivity contribution >= 4 is 47.8 Å². The molecule has 0 saturated heterocycles. The number of nitrogens with one attached hydrogen (secondary N) is 1. The SMILES string of the molecule is N#CNS(=O)(=O)C1CC1.[CaH2]. The summed E-state index contributed by atoms with van der Waals surface area (Å²) in [5, 5.41) is 7.64. The van der Waals surface area contributed by atoms with Gasteiger partial charge in [-0.3, -0.25) is 0 Å². The van der Waals surface area contributed by atoms with Gasteiger partial charge in [0, 0.05) is 0 Å². The predicted molar refractivity (Wildman–Crippen MR) is 39.2 cm³/mol. The van der Waals surface area contributed by atoms with Gasteiger partial charge in [0.25, 0.3) is 0 Å². The first-order chi connectivity index (χ1) is 4.17. The minimum absolute atomic E-state index is 0. The Morgan fingerprint density at radius 3 is 2.30 bits per heavy atom. The Bertz CT molecular complexity index is 238. The van der Waals surface area contributed by atoms with E-state index in [1.165, 1.54) is 6.19 Å². The van der Waals surface area contributed by atoms with E-state index < -0.39 is 10.0 Å². The number of hydrogen-bond donors (Lipinski definition) is 1. The van der Waals surface area contributed by atoms with Crippen LogP contribution < -0.4 is 4.72 Å². The van der Waals surface area contributed by atoms with Crippen LogP contribution in [-0.2, 0) is 10.0 Å². The fraction of sp³-hybridized carbons (Fsp3) is 0.750. The van der Waals surface area contributed by atoms with E-state index >= 15 is 0 Å². The van der Waals surface area contributed by atoms with Crippen LogP contribution in [0.4, 0.5) is 0 Å². The number of nitriles is 1. The summed E-state index contributed by atoms with van der Waals surface area (Å²) >= 11 is 0. The molecule has 0 unspecified atom stereocenters. The molecule has 0 amide bonds. The monoisotopic (exact) mass is 188 g/mol. The Balaban J connectivity index is 0.000000810. The Labute approximate surface area is 89.6 Å². The van der Waals surface area contributed by atoms with E-state index in [1.807, 2.05) is 0 Å². The van der Waals surface area contributed by atoms with Crippen LogP contribution in [-0.4, -0.2) is 51.4 Å². The molecule has 0 aromatic carbocycles. The first kappa shape index (κ1) is 10.5. The molecule has 0 aliphatic heterocycles. The van der Waals surface area contributed by atoms with Gasteiger partial charge in [-0.25, -0.2) is 13.1 Å². The average molecular weight is 188 g/mol. The Kier molecular flexibility index (Phi) is 3.95. The van der Waals surface area contributed by atoms with Crippen LogP contribution in [0.25, 0.3) is 0 Å². The van der Waals surface area contributed by atoms with Gasteiger partial charge in [0.2, 0.25) is 10.0 Å². The van der Waals surface area contributed by atoms with Gasteiger partial charge in [0.05, 0.1) is 5.25 Å². The number of hydrogen-bond acceptors (Lipinski definition) is 3. The standard InChI is InChI=1S/C4H6N2O2S.Ca.2H/c5-3-6-9(7,8)4-1-2-4;;;/h4,6H,1-2H2;;;. The van der Waals surface area contributed by atoms with Crippen molar-refractivity contribution in [1.82, 2.24) is 4.72 Å². The molecule has 0 bridgehead atoms. The zero-order valence-corrected chi connectivity index (χ0v) is 5.48. The van der Waals surface area contributed by atoms with Crippen molar-refractivity contribution in [3.63, 3.8) is 0 Å². The van der Waals surface area contributed by atoms with Crippen LogP contribution in [0.2, 0.25) is 0 Å². The molecule has 0 aromatic heterocycles. The van der Waals surface area contributed by atoms with Crippen LogP contribution in [0.15, 0.2) is 0 Å². The van der Waals surface area contributed by atoms with Gasteiger partial charge in [-0.1, -0.05) is 0 Å². The zero-order valence-electron chi connectivity index (χ0n) is 4.66. The molecule has 6 heteroatoms. The van der Waals surface area contributed by atoms with Crippen LogP contribution >= 0.6 is 0 Å². The third-order valence-electron chi connectivity index (χ3n) is 1.15. The molecule has 1 rings (SSSR count). The zero-order chi connectivity index (χ0) is 6.91. The van der Waals surface area contributed by atoms with Crippen LogP contribution in [0, 0.1) is 11.5 Å². The molecule has 1 aliphatic rings. The summed E-state index contributed by atoms with van der Waals surface area (Å²) in [7, 11) is -3.25. The summed E-state index contributed by atoms with van der Waals surface area (Å²) in [6.07, 6.45) is 2.77. The van der Waals surface area contributed by atoms with Crippen LogP contribution in [0.3, 0.4) is 0 Å². The quantitative estimate of drug-likeness (QED) is 0.330. The van der Waals surface area contributed by atoms with Crippen molar-refractivity contribution in [3.8, 4) is 6.19 Å². The topological polar surface area (TPSA) is 70.0 Å². The molecule has 0 aromatic rings. The second-order valence-corrected chi connectivity index (χ2v) is 3.92. The van der Waals surface area contributed by atoms with E-state index in [0.29, 0.717) is 12.8 Å². The van der Waals surface area contributed by atoms with Gasteiger partial charge in [-0.05, 0) is 12.8 Å². The van der Waals surface area contributed by atoms with E-state index in [-0.39, 0.29) is 43.0 Å². The molecule has 0 spiro atoms. The normalized spacial score (nSPS) is 16.7. The van der Waals surface area contributed by atoms with Crippen molar-refractivity contribution in [2.45, 2.75) is 18.1 Å². The van der Waals surface area contributed by atoms with Gasteiger partial charge >= 0.3 is 37.7 Å². The molecule has 1 fully saturated rings. The molecule has 54 valence electrons. The van der Waals surface area contributed by atoms with Crippen molar-refractivity contribution in [3.05, 3.63) is 0 Å². The second kappa shape index (κ2) is 3.77. The Morgan fingerprint density at radius 2 is 2.00 bits per heavy atom. The van der Waals surface area contributed by atoms with E-state index in [9.17, 15) is 8.42 Å². The maximum absolute atomic E-state index is 10.7. The minimum atomic E-state index is -3.25. The van der Waals surface area contributed by atoms with Crippen molar-refractivity contribution < 1.29 is 8.42 Å². The third kappa shape index (κ3) is 2.62. The van der Waals surface area contributed by atoms with E-state index in [2.05, 4.69) is 0 Å². The van der Waals surface area contributed by atoms with Crippen molar-refractivity contribution in [2.24, 2.45) is 0 Å². The molecule has 0 radical (unpaired) electrons. The first-order valence-electron chi connectivity index (χ1n) is 2.56. The van der Waals surface area contributed by atoms with Gasteiger partial charge in [-0.15, -0.1) is 0 Å². The summed E-state index contributed by atoms with van der Waals surface area (Å²) in [6.45, 7) is 0. The van der Waals surface area contributed by atoms with Gasteiger partial charge < -0.3 is 0 Å². The van der Waals surface area contributed by atoms with E-state index in [4.69, 9.17) is 5.26 Å². The molecule has 1 N–H and O–H groups in total. The molecule has 10 heavy (non-hydrogen) atoms. The summed E-state index contributed by atoms with van der Waals surface area (Å²) in [6, 6.07) is 0. The molecular weight excluding hydrogens is 180 g/mol. The second-order valence-electron chi connectivity index (χ2n) is 1.96. The van der Waals surface area contributed by atoms with Crippen molar-refractivity contribution in [2.75, 3.05) is 0 Å². The molecule has 0 atom stereocenters. The van der Waals surface area contributed by atoms with E-state index in [1.54, 1.807) is 4.72 Å². The van der Waals surface area contributed by atoms with Gasteiger partial charge in [0.1, 0.15) is 0 Å². The summed E-state index contributed by atoms with van der Waals surface area (Å²) in [5.74, 6) is 0. The van der Waals surface area contributed by atoms with Gasteiger partial charge in [0.15, 0.2) is 6.19 Å². The van der Waals surface area contributed by atoms with E-state index in [0.717, 1.165) is 0 Å². The fourth-order valence-corrected chi connectivity index (χ4v) is 1.58. The summed E-state index contributed by atoms with van der Waals surface area (Å²) in [4.78, 5) is 0. The van der Waals surface area contributed by atoms with Crippen molar-refractivity contribution in [1.29, 1.82) is 5.26 Å².